The molecule has 10 rings (SSSR count). The predicted octanol–water partition coefficient (Wildman–Crippen LogP) is 15.9. The van der Waals surface area contributed by atoms with Crippen molar-refractivity contribution < 1.29 is 48.2 Å². The predicted molar refractivity (Wildman–Crippen MR) is 359 cm³/mol. The Balaban J connectivity index is 0.000000228. The average molecular weight is 1250 g/mol. The van der Waals surface area contributed by atoms with Crippen LogP contribution >= 0.6 is 0 Å². The molecule has 2 heterocycles. The molecule has 10 aliphatic rings. The fraction of sp³-hybridized carbons (Fsp3) is 0.922. The summed E-state index contributed by atoms with van der Waals surface area (Å²) in [6, 6.07) is 0. The number of nitrogens with zero attached hydrogens (tertiary/aromatic N) is 1. The van der Waals surface area contributed by atoms with Gasteiger partial charge in [-0.2, -0.15) is 0 Å². The van der Waals surface area contributed by atoms with E-state index in [1.54, 1.807) is 11.1 Å². The van der Waals surface area contributed by atoms with E-state index in [4.69, 9.17) is 34.2 Å². The maximum atomic E-state index is 13.4. The lowest BCUT2D eigenvalue weighted by atomic mass is 9.34. The number of hydrogen-bond acceptors (Lipinski definition) is 10. The number of hydrogen-bond donors (Lipinski definition) is 3. The van der Waals surface area contributed by atoms with Gasteiger partial charge in [-0.3, -0.25) is 9.59 Å². The first kappa shape index (κ1) is 72.9. The first-order valence-electron chi connectivity index (χ1n) is 35.4. The molecule has 12 heteroatoms. The standard InChI is InChI=1S/C39H67NO5.C37H63NO5.CH4/c1-24(2)26(5)34(6)18-19-36(8)27-14-15-30-35(7)21-44-23-39(30,28(27)16-17-37(36,9)31(34)33(41)42)20-29(43-13)32(35)45-22-38(10,25(3)4)40(11)12;1-22(2)24(5)32(6)16-17-34(8)25-12-13-28-33(7)19-42-21-37(28,26(25)14-15-35(34,9)29(32)31(39)40)18-27(41-11)30(33)43-20-36(10,38)23(3)4;/h16,24-27,29-32H,14-15,17-23H2,1-13H3,(H,41,42);14,22-25,27-30H,12-13,15-21,38H2,1-11H3,(H,39,40);1H4/t26-,27+,29-,30+,31-,32+,34-,35-,36-,37+,38-,39+;24-,25+,27-,28+,29-,30+,32-,33-,34-,35+,36-,37+;/m11./s1. The van der Waals surface area contributed by atoms with Gasteiger partial charge in [-0.25, -0.2) is 0 Å². The van der Waals surface area contributed by atoms with Gasteiger partial charge in [0.05, 0.1) is 75.9 Å². The summed E-state index contributed by atoms with van der Waals surface area (Å²) < 4.78 is 39.8. The highest BCUT2D eigenvalue weighted by Gasteiger charge is 2.74. The number of likely N-dealkylation sites (N-methyl/N-ethyl adjacent to an activating group) is 1. The van der Waals surface area contributed by atoms with E-state index in [1.807, 2.05) is 14.2 Å². The van der Waals surface area contributed by atoms with Crippen LogP contribution in [0.2, 0.25) is 0 Å². The van der Waals surface area contributed by atoms with Crippen LogP contribution in [-0.4, -0.2) is 131 Å². The third-order valence-corrected chi connectivity index (χ3v) is 31.5. The Morgan fingerprint density at radius 2 is 0.955 bits per heavy atom. The lowest BCUT2D eigenvalue weighted by Crippen LogP contribution is -2.70. The lowest BCUT2D eigenvalue weighted by molar-refractivity contribution is -0.271. The van der Waals surface area contributed by atoms with Crippen LogP contribution in [0.4, 0.5) is 0 Å². The second-order valence-corrected chi connectivity index (χ2v) is 36.2. The number of ether oxygens (including phenoxy) is 6. The number of carboxylic acid groups (broad SMARTS) is 2. The Bertz CT molecular complexity index is 2620. The van der Waals surface area contributed by atoms with Gasteiger partial charge in [-0.05, 0) is 197 Å². The molecule has 4 N–H and O–H groups in total. The highest BCUT2D eigenvalue weighted by Crippen LogP contribution is 2.77. The molecule has 24 atom stereocenters. The Labute approximate surface area is 543 Å². The fourth-order valence-electron chi connectivity index (χ4n) is 23.7. The molecule has 0 aromatic heterocycles. The number of allylic oxidation sites excluding steroid dienone is 2. The molecule has 2 saturated heterocycles. The van der Waals surface area contributed by atoms with Crippen molar-refractivity contribution in [1.82, 2.24) is 4.90 Å². The average Bonchev–Trinajstić information content (AvgIpc) is 0.839. The molecule has 4 bridgehead atoms. The zero-order valence-corrected chi connectivity index (χ0v) is 60.3. The van der Waals surface area contributed by atoms with Crippen molar-refractivity contribution in [2.24, 2.45) is 131 Å². The smallest absolute Gasteiger partial charge is 0.307 e. The summed E-state index contributed by atoms with van der Waals surface area (Å²) in [5.74, 6) is 2.00. The summed E-state index contributed by atoms with van der Waals surface area (Å²) in [4.78, 5) is 29.0. The van der Waals surface area contributed by atoms with Crippen molar-refractivity contribution in [2.45, 2.75) is 258 Å². The van der Waals surface area contributed by atoms with Gasteiger partial charge >= 0.3 is 11.9 Å². The molecular formula is C77H134N2O10. The largest absolute Gasteiger partial charge is 0.481 e. The Kier molecular flexibility index (Phi) is 20.2. The van der Waals surface area contributed by atoms with Crippen LogP contribution in [0, 0.1) is 125 Å². The van der Waals surface area contributed by atoms with E-state index in [0.29, 0.717) is 85.6 Å². The Morgan fingerprint density at radius 3 is 1.27 bits per heavy atom. The van der Waals surface area contributed by atoms with Gasteiger partial charge < -0.3 is 49.3 Å². The summed E-state index contributed by atoms with van der Waals surface area (Å²) in [6.45, 7) is 49.9. The summed E-state index contributed by atoms with van der Waals surface area (Å²) in [6.07, 6.45) is 16.9. The highest BCUT2D eigenvalue weighted by molar-refractivity contribution is 5.74. The second kappa shape index (κ2) is 24.6. The molecule has 12 nitrogen and oxygen atoms in total. The summed E-state index contributed by atoms with van der Waals surface area (Å²) in [7, 11) is 8.03. The minimum atomic E-state index is -0.605. The van der Waals surface area contributed by atoms with Gasteiger partial charge in [0.2, 0.25) is 0 Å². The van der Waals surface area contributed by atoms with Gasteiger partial charge in [0.25, 0.3) is 0 Å². The molecule has 89 heavy (non-hydrogen) atoms. The number of carboxylic acids is 2. The number of rotatable bonds is 17. The van der Waals surface area contributed by atoms with Crippen molar-refractivity contribution in [1.29, 1.82) is 0 Å². The monoisotopic (exact) mass is 1250 g/mol. The van der Waals surface area contributed by atoms with Crippen molar-refractivity contribution in [3.63, 3.8) is 0 Å². The van der Waals surface area contributed by atoms with Crippen molar-refractivity contribution in [2.75, 3.05) is 68.0 Å². The van der Waals surface area contributed by atoms with E-state index >= 15 is 0 Å². The number of nitrogens with two attached hydrogens (primary N) is 1. The first-order chi connectivity index (χ1) is 40.7. The molecule has 0 spiro atoms. The fourth-order valence-corrected chi connectivity index (χ4v) is 23.7. The molecule has 0 unspecified atom stereocenters. The molecule has 6 saturated carbocycles. The minimum Gasteiger partial charge on any atom is -0.481 e. The molecule has 0 aromatic carbocycles. The van der Waals surface area contributed by atoms with E-state index in [2.05, 4.69) is 170 Å². The third kappa shape index (κ3) is 10.6. The van der Waals surface area contributed by atoms with Crippen LogP contribution in [0.1, 0.15) is 223 Å². The topological polar surface area (TPSA) is 159 Å². The molecule has 512 valence electrons. The normalized spacial score (nSPS) is 46.8. The summed E-state index contributed by atoms with van der Waals surface area (Å²) >= 11 is 0. The van der Waals surface area contributed by atoms with E-state index < -0.39 is 17.5 Å². The van der Waals surface area contributed by atoms with Crippen molar-refractivity contribution >= 4 is 11.9 Å². The summed E-state index contributed by atoms with van der Waals surface area (Å²) in [5, 5.41) is 21.9. The molecule has 2 aliphatic heterocycles. The molecule has 8 aliphatic carbocycles. The van der Waals surface area contributed by atoms with Crippen LogP contribution in [0.25, 0.3) is 0 Å². The van der Waals surface area contributed by atoms with Gasteiger partial charge in [-0.15, -0.1) is 0 Å². The van der Waals surface area contributed by atoms with Gasteiger partial charge in [-0.1, -0.05) is 155 Å². The maximum absolute atomic E-state index is 13.4. The minimum absolute atomic E-state index is 0. The maximum Gasteiger partial charge on any atom is 0.307 e. The van der Waals surface area contributed by atoms with E-state index in [1.165, 1.54) is 0 Å². The second-order valence-electron chi connectivity index (χ2n) is 36.2. The molecule has 0 amide bonds. The van der Waals surface area contributed by atoms with Gasteiger partial charge in [0.1, 0.15) is 0 Å². The van der Waals surface area contributed by atoms with Crippen LogP contribution in [-0.2, 0) is 38.0 Å². The Hall–Kier alpha value is -1.90. The zero-order chi connectivity index (χ0) is 65.5. The molecule has 0 radical (unpaired) electrons. The highest BCUT2D eigenvalue weighted by atomic mass is 16.5. The third-order valence-electron chi connectivity index (χ3n) is 31.5. The SMILES string of the molecule is C.CO[C@@H]1C[C@@]23COC[C@](C)([C@@H]2CC[C@H]2C3=CC[C@@]3(C)[C@H](C(=O)O)[C@@](C)([C@H](C)C(C)C)CC[C@]23C)[C@H]1OC[C@@](C)(N)C(C)C.CO[C@@H]1C[C@@]23COC[C@](C)([C@@H]2CC[C@H]2C3=CC[C@@]3(C)[C@H](C(=O)O)[C@@](C)([C@H](C)C(C)C)CC[C@]23C)[C@H]1OC[C@](C)(C(C)C)N(C)C. The van der Waals surface area contributed by atoms with Crippen LogP contribution in [0.5, 0.6) is 0 Å². The number of fused-ring (bicyclic) bond motifs is 6. The van der Waals surface area contributed by atoms with E-state index in [-0.39, 0.29) is 103 Å². The first-order valence-corrected chi connectivity index (χ1v) is 35.4. The van der Waals surface area contributed by atoms with Crippen molar-refractivity contribution in [3.05, 3.63) is 23.3 Å². The van der Waals surface area contributed by atoms with Crippen LogP contribution < -0.4 is 5.73 Å². The zero-order valence-electron chi connectivity index (χ0n) is 60.3. The molecule has 0 aromatic rings. The lowest BCUT2D eigenvalue weighted by Gasteiger charge is -2.71. The number of carbonyl (C=O) groups is 2. The quantitative estimate of drug-likeness (QED) is 0.119. The van der Waals surface area contributed by atoms with Crippen LogP contribution in [0.15, 0.2) is 23.3 Å². The number of aliphatic carboxylic acids is 2. The van der Waals surface area contributed by atoms with E-state index in [9.17, 15) is 19.8 Å². The van der Waals surface area contributed by atoms with Gasteiger partial charge in [0, 0.05) is 47.0 Å². The Morgan fingerprint density at radius 1 is 0.584 bits per heavy atom. The van der Waals surface area contributed by atoms with E-state index in [0.717, 1.165) is 90.3 Å². The van der Waals surface area contributed by atoms with Crippen LogP contribution in [0.3, 0.4) is 0 Å². The molecule has 8 fully saturated rings. The van der Waals surface area contributed by atoms with Gasteiger partial charge in [0.15, 0.2) is 0 Å². The molecular weight excluding hydrogens is 1110 g/mol. The summed E-state index contributed by atoms with van der Waals surface area (Å²) in [5.41, 5.74) is 7.54. The number of methoxy groups -OCH3 is 2. The van der Waals surface area contributed by atoms with Crippen molar-refractivity contribution in [3.8, 4) is 0 Å².